The zero-order chi connectivity index (χ0) is 6.73. The highest BCUT2D eigenvalue weighted by molar-refractivity contribution is 5.96. The van der Waals surface area contributed by atoms with Gasteiger partial charge in [0, 0.05) is 0 Å². The van der Waals surface area contributed by atoms with Gasteiger partial charge in [0.15, 0.2) is 0 Å². The monoisotopic (exact) mass is 136 g/mol. The van der Waals surface area contributed by atoms with Crippen LogP contribution < -0.4 is 11.9 Å². The van der Waals surface area contributed by atoms with Gasteiger partial charge in [0.1, 0.15) is 0 Å². The van der Waals surface area contributed by atoms with Crippen LogP contribution in [0.1, 0.15) is 0 Å². The summed E-state index contributed by atoms with van der Waals surface area (Å²) in [7, 11) is 0. The molecule has 0 bridgehead atoms. The van der Waals surface area contributed by atoms with E-state index < -0.39 is 18.0 Å². The molecule has 0 aliphatic rings. The lowest BCUT2D eigenvalue weighted by Gasteiger charge is -1.95. The van der Waals surface area contributed by atoms with Gasteiger partial charge in [0.05, 0.1) is 0 Å². The summed E-state index contributed by atoms with van der Waals surface area (Å²) in [6, 6.07) is -1.80. The van der Waals surface area contributed by atoms with E-state index in [2.05, 4.69) is 5.73 Å². The summed E-state index contributed by atoms with van der Waals surface area (Å²) >= 11 is 0. The average Bonchev–Trinajstić information content (AvgIpc) is 1.64. The van der Waals surface area contributed by atoms with Crippen LogP contribution in [0.3, 0.4) is 0 Å². The van der Waals surface area contributed by atoms with Crippen LogP contribution in [0.5, 0.6) is 0 Å². The molecule has 0 radical (unpaired) electrons. The molecule has 0 amide bonds. The van der Waals surface area contributed by atoms with Crippen molar-refractivity contribution in [2.45, 2.75) is 6.04 Å². The normalized spacial score (nSPS) is 8.22. The fourth-order valence-electron chi connectivity index (χ4n) is 0.106. The first-order valence-electron chi connectivity index (χ1n) is 1.77. The van der Waals surface area contributed by atoms with Crippen molar-refractivity contribution in [2.24, 2.45) is 5.73 Å². The van der Waals surface area contributed by atoms with E-state index in [1.165, 1.54) is 0 Å². The minimum atomic E-state index is -1.80. The van der Waals surface area contributed by atoms with Crippen LogP contribution in [0.25, 0.3) is 0 Å². The van der Waals surface area contributed by atoms with Crippen LogP contribution in [0.4, 0.5) is 0 Å². The van der Waals surface area contributed by atoms with Gasteiger partial charge in [-0.1, -0.05) is 0 Å². The predicted molar refractivity (Wildman–Crippen MR) is 28.3 cm³/mol. The maximum Gasteiger partial charge on any atom is 0.332 e. The Morgan fingerprint density at radius 2 is 1.44 bits per heavy atom. The molecule has 6 heteroatoms. The van der Waals surface area contributed by atoms with Crippen molar-refractivity contribution in [3.63, 3.8) is 0 Å². The third kappa shape index (κ3) is 3.44. The molecule has 0 aromatic carbocycles. The molecular formula is C3H8N2O4. The highest BCUT2D eigenvalue weighted by atomic mass is 16.4. The van der Waals surface area contributed by atoms with Gasteiger partial charge in [-0.3, -0.25) is 0 Å². The summed E-state index contributed by atoms with van der Waals surface area (Å²) in [6.07, 6.45) is 0. The van der Waals surface area contributed by atoms with E-state index in [4.69, 9.17) is 10.2 Å². The smallest absolute Gasteiger partial charge is 0.332 e. The number of nitrogens with two attached hydrogens (primary N) is 1. The number of carbonyl (C=O) groups is 2. The Labute approximate surface area is 50.9 Å². The Hall–Kier alpha value is -1.14. The molecule has 0 heterocycles. The molecule has 7 N–H and O–H groups in total. The van der Waals surface area contributed by atoms with Gasteiger partial charge >= 0.3 is 11.9 Å². The topological polar surface area (TPSA) is 136 Å². The second kappa shape index (κ2) is 3.81. The molecule has 0 spiro atoms. The average molecular weight is 136 g/mol. The van der Waals surface area contributed by atoms with Crippen molar-refractivity contribution in [3.05, 3.63) is 0 Å². The van der Waals surface area contributed by atoms with Crippen LogP contribution in [-0.2, 0) is 9.59 Å². The maximum atomic E-state index is 9.63. The van der Waals surface area contributed by atoms with E-state index in [-0.39, 0.29) is 6.15 Å². The summed E-state index contributed by atoms with van der Waals surface area (Å²) in [5, 5.41) is 15.7. The molecule has 0 rings (SSSR count). The lowest BCUT2D eigenvalue weighted by molar-refractivity contribution is -0.149. The second-order valence-corrected chi connectivity index (χ2v) is 1.15. The third-order valence-electron chi connectivity index (χ3n) is 0.532. The molecule has 9 heavy (non-hydrogen) atoms. The van der Waals surface area contributed by atoms with Crippen LogP contribution in [0.2, 0.25) is 0 Å². The van der Waals surface area contributed by atoms with Gasteiger partial charge in [0.25, 0.3) is 0 Å². The third-order valence-corrected chi connectivity index (χ3v) is 0.532. The number of aliphatic carboxylic acids is 2. The Balaban J connectivity index is 0. The summed E-state index contributed by atoms with van der Waals surface area (Å²) in [5.74, 6) is -3.06. The van der Waals surface area contributed by atoms with Crippen molar-refractivity contribution in [2.75, 3.05) is 0 Å². The lowest BCUT2D eigenvalue weighted by Crippen LogP contribution is -2.38. The molecule has 0 saturated heterocycles. The molecule has 6 nitrogen and oxygen atoms in total. The highest BCUT2D eigenvalue weighted by Gasteiger charge is 2.18. The fraction of sp³-hybridized carbons (Fsp3) is 0.333. The Morgan fingerprint density at radius 3 is 1.44 bits per heavy atom. The van der Waals surface area contributed by atoms with Crippen LogP contribution in [0, 0.1) is 0 Å². The van der Waals surface area contributed by atoms with Crippen LogP contribution >= 0.6 is 0 Å². The van der Waals surface area contributed by atoms with E-state index in [9.17, 15) is 9.59 Å². The van der Waals surface area contributed by atoms with Gasteiger partial charge < -0.3 is 22.1 Å². The minimum absolute atomic E-state index is 0. The largest absolute Gasteiger partial charge is 0.480 e. The SMILES string of the molecule is N.NC(C(=O)O)C(=O)O. The van der Waals surface area contributed by atoms with Gasteiger partial charge in [-0.2, -0.15) is 0 Å². The molecule has 0 aromatic rings. The Morgan fingerprint density at radius 1 is 1.22 bits per heavy atom. The predicted octanol–water partition coefficient (Wildman–Crippen LogP) is -1.36. The molecule has 0 aliphatic heterocycles. The van der Waals surface area contributed by atoms with E-state index in [1.807, 2.05) is 0 Å². The van der Waals surface area contributed by atoms with Crippen molar-refractivity contribution >= 4 is 11.9 Å². The number of hydrogen-bond donors (Lipinski definition) is 4. The highest BCUT2D eigenvalue weighted by Crippen LogP contribution is 1.74. The van der Waals surface area contributed by atoms with Crippen molar-refractivity contribution < 1.29 is 19.8 Å². The number of carboxylic acids is 2. The van der Waals surface area contributed by atoms with Crippen molar-refractivity contribution in [1.82, 2.24) is 6.15 Å². The summed E-state index contributed by atoms with van der Waals surface area (Å²) in [6.45, 7) is 0. The maximum absolute atomic E-state index is 9.63. The van der Waals surface area contributed by atoms with E-state index in [1.54, 1.807) is 0 Å². The molecule has 0 atom stereocenters. The van der Waals surface area contributed by atoms with Gasteiger partial charge in [-0.15, -0.1) is 0 Å². The second-order valence-electron chi connectivity index (χ2n) is 1.15. The molecule has 0 aliphatic carbocycles. The fourth-order valence-corrected chi connectivity index (χ4v) is 0.106. The minimum Gasteiger partial charge on any atom is -0.480 e. The van der Waals surface area contributed by atoms with Crippen LogP contribution in [0.15, 0.2) is 0 Å². The first-order valence-corrected chi connectivity index (χ1v) is 1.77. The van der Waals surface area contributed by atoms with Gasteiger partial charge in [-0.25, -0.2) is 9.59 Å². The molecule has 0 unspecified atom stereocenters. The zero-order valence-electron chi connectivity index (χ0n) is 4.57. The summed E-state index contributed by atoms with van der Waals surface area (Å²) in [5.41, 5.74) is 4.56. The number of carboxylic acid groups (broad SMARTS) is 2. The first-order chi connectivity index (χ1) is 3.55. The van der Waals surface area contributed by atoms with Crippen molar-refractivity contribution in [1.29, 1.82) is 0 Å². The molecule has 0 saturated carbocycles. The van der Waals surface area contributed by atoms with Crippen LogP contribution in [-0.4, -0.2) is 28.2 Å². The lowest BCUT2D eigenvalue weighted by atomic mass is 10.3. The standard InChI is InChI=1S/C3H5NO4.H3N/c4-1(2(5)6)3(7)8;/h1H,4H2,(H,5,6)(H,7,8);1H3. The van der Waals surface area contributed by atoms with E-state index in [0.717, 1.165) is 0 Å². The first kappa shape index (κ1) is 10.8. The van der Waals surface area contributed by atoms with E-state index in [0.29, 0.717) is 0 Å². The zero-order valence-corrected chi connectivity index (χ0v) is 4.57. The molecular weight excluding hydrogens is 128 g/mol. The summed E-state index contributed by atoms with van der Waals surface area (Å²) in [4.78, 5) is 19.3. The van der Waals surface area contributed by atoms with Crippen molar-refractivity contribution in [3.8, 4) is 0 Å². The number of rotatable bonds is 2. The quantitative estimate of drug-likeness (QED) is 0.346. The van der Waals surface area contributed by atoms with Gasteiger partial charge in [-0.05, 0) is 0 Å². The molecule has 0 aromatic heterocycles. The summed E-state index contributed by atoms with van der Waals surface area (Å²) < 4.78 is 0. The Bertz CT molecular complexity index is 109. The van der Waals surface area contributed by atoms with E-state index >= 15 is 0 Å². The van der Waals surface area contributed by atoms with Gasteiger partial charge in [0.2, 0.25) is 6.04 Å². The Kier molecular flexibility index (Phi) is 4.56. The number of hydrogen-bond acceptors (Lipinski definition) is 4. The molecule has 0 fully saturated rings. The molecule has 54 valence electrons.